The van der Waals surface area contributed by atoms with Crippen molar-refractivity contribution in [2.45, 2.75) is 56.5 Å². The lowest BCUT2D eigenvalue weighted by Crippen LogP contribution is -2.52. The Morgan fingerprint density at radius 1 is 1.13 bits per heavy atom. The molecule has 3 fully saturated rings. The Balaban J connectivity index is 1.23. The number of aromatic nitrogens is 2. The monoisotopic (exact) mass is 596 g/mol. The first-order chi connectivity index (χ1) is 18.9. The van der Waals surface area contributed by atoms with Crippen LogP contribution in [0.25, 0.3) is 10.8 Å². The third-order valence-electron chi connectivity index (χ3n) is 8.81. The Morgan fingerprint density at radius 3 is 2.72 bits per heavy atom. The Bertz CT molecular complexity index is 1400. The van der Waals surface area contributed by atoms with E-state index < -0.39 is 6.17 Å². The molecule has 10 heteroatoms. The van der Waals surface area contributed by atoms with Crippen molar-refractivity contribution in [2.24, 2.45) is 0 Å². The third kappa shape index (κ3) is 4.80. The van der Waals surface area contributed by atoms with Gasteiger partial charge in [0, 0.05) is 71.5 Å². The van der Waals surface area contributed by atoms with E-state index in [0.29, 0.717) is 44.2 Å². The number of fused-ring (bicyclic) bond motifs is 4. The number of likely N-dealkylation sites (N-methyl/N-ethyl adjacent to an activating group) is 1. The van der Waals surface area contributed by atoms with Gasteiger partial charge in [0.25, 0.3) is 0 Å². The number of phenolic OH excluding ortho intramolecular Hbond substituents is 1. The smallest absolute Gasteiger partial charge is 0.318 e. The minimum atomic E-state index is -0.815. The minimum Gasteiger partial charge on any atom is -0.508 e. The molecule has 0 aliphatic carbocycles. The number of halogens is 2. The second-order valence-electron chi connectivity index (χ2n) is 11.5. The van der Waals surface area contributed by atoms with Gasteiger partial charge in [-0.2, -0.15) is 9.97 Å². The van der Waals surface area contributed by atoms with E-state index in [9.17, 15) is 9.50 Å². The predicted octanol–water partition coefficient (Wildman–Crippen LogP) is 4.02. The first-order valence-electron chi connectivity index (χ1n) is 14.0. The van der Waals surface area contributed by atoms with Crippen LogP contribution < -0.4 is 19.9 Å². The van der Waals surface area contributed by atoms with E-state index in [1.165, 1.54) is 18.4 Å². The van der Waals surface area contributed by atoms with Gasteiger partial charge in [-0.05, 0) is 50.2 Å². The summed E-state index contributed by atoms with van der Waals surface area (Å²) in [5.41, 5.74) is 3.12. The van der Waals surface area contributed by atoms with Crippen molar-refractivity contribution in [1.82, 2.24) is 20.2 Å². The summed E-state index contributed by atoms with van der Waals surface area (Å²) < 4.78 is 21.1. The molecule has 7 rings (SSSR count). The highest BCUT2D eigenvalue weighted by Gasteiger charge is 2.36. The highest BCUT2D eigenvalue weighted by molar-refractivity contribution is 9.10. The summed E-state index contributed by atoms with van der Waals surface area (Å²) in [7, 11) is 1.94. The van der Waals surface area contributed by atoms with Gasteiger partial charge in [-0.25, -0.2) is 4.39 Å². The average Bonchev–Trinajstić information content (AvgIpc) is 3.43. The molecule has 4 aliphatic rings. The van der Waals surface area contributed by atoms with Gasteiger partial charge in [0.05, 0.1) is 12.2 Å². The number of nitrogens with zero attached hydrogens (tertiary/aromatic N) is 5. The Labute approximate surface area is 236 Å². The highest BCUT2D eigenvalue weighted by Crippen LogP contribution is 2.40. The summed E-state index contributed by atoms with van der Waals surface area (Å²) in [6, 6.07) is 11.1. The molecule has 2 aromatic carbocycles. The van der Waals surface area contributed by atoms with Crippen molar-refractivity contribution in [3.63, 3.8) is 0 Å². The summed E-state index contributed by atoms with van der Waals surface area (Å²) in [6.07, 6.45) is 2.86. The molecular formula is C29H34BrFN6O2. The number of aromatic hydroxyl groups is 1. The van der Waals surface area contributed by atoms with E-state index in [0.717, 1.165) is 58.5 Å². The number of nitrogens with one attached hydrogen (secondary N) is 1. The maximum Gasteiger partial charge on any atom is 0.318 e. The van der Waals surface area contributed by atoms with Crippen LogP contribution in [-0.2, 0) is 13.0 Å². The number of hydrogen-bond donors (Lipinski definition) is 2. The minimum absolute atomic E-state index is 0.0191. The zero-order chi connectivity index (χ0) is 26.7. The van der Waals surface area contributed by atoms with Crippen molar-refractivity contribution in [3.8, 4) is 11.8 Å². The number of phenols is 1. The molecule has 2 bridgehead atoms. The Kier molecular flexibility index (Phi) is 6.52. The fourth-order valence-corrected chi connectivity index (χ4v) is 7.45. The van der Waals surface area contributed by atoms with Crippen LogP contribution in [0.2, 0.25) is 0 Å². The SMILES string of the molecule is CN1C[C@H](F)C[C@H]1COc1nc2c(c(N3CC4CCC(C3)N4)n1)CCN(c1cc(O)cc3cccc(Br)c13)C2. The van der Waals surface area contributed by atoms with Gasteiger partial charge in [-0.1, -0.05) is 28.1 Å². The molecule has 2 unspecified atom stereocenters. The Hall–Kier alpha value is -2.69. The first kappa shape index (κ1) is 25.3. The molecule has 0 radical (unpaired) electrons. The van der Waals surface area contributed by atoms with E-state index >= 15 is 0 Å². The van der Waals surface area contributed by atoms with Crippen LogP contribution in [0.15, 0.2) is 34.8 Å². The number of rotatable bonds is 5. The van der Waals surface area contributed by atoms with Crippen molar-refractivity contribution >= 4 is 38.2 Å². The number of piperazine rings is 1. The normalized spacial score (nSPS) is 26.8. The van der Waals surface area contributed by atoms with Gasteiger partial charge >= 0.3 is 6.01 Å². The molecular weight excluding hydrogens is 563 g/mol. The van der Waals surface area contributed by atoms with Crippen LogP contribution in [-0.4, -0.2) is 84.1 Å². The Morgan fingerprint density at radius 2 is 1.95 bits per heavy atom. The fourth-order valence-electron chi connectivity index (χ4n) is 6.86. The van der Waals surface area contributed by atoms with E-state index in [2.05, 4.69) is 31.0 Å². The average molecular weight is 598 g/mol. The first-order valence-corrected chi connectivity index (χ1v) is 14.7. The molecule has 8 nitrogen and oxygen atoms in total. The molecule has 39 heavy (non-hydrogen) atoms. The van der Waals surface area contributed by atoms with Crippen LogP contribution in [0.5, 0.6) is 11.8 Å². The molecule has 206 valence electrons. The molecule has 0 spiro atoms. The van der Waals surface area contributed by atoms with Gasteiger partial charge in [-0.15, -0.1) is 0 Å². The standard InChI is InChI=1S/C29H34BrFN6O2/c1-35-12-18(31)10-21(35)16-39-29-33-25-15-36(26-11-22(38)9-17-3-2-4-24(30)27(17)26)8-7-23(25)28(34-29)37-13-19-5-6-20(14-37)32-19/h2-4,9,11,18-21,32,38H,5-8,10,12-16H2,1H3/t18-,19?,20?,21+/m1/s1. The maximum atomic E-state index is 14.0. The highest BCUT2D eigenvalue weighted by atomic mass is 79.9. The number of benzene rings is 2. The molecule has 4 atom stereocenters. The quantitative estimate of drug-likeness (QED) is 0.457. The molecule has 4 aliphatic heterocycles. The van der Waals surface area contributed by atoms with Gasteiger partial charge in [0.15, 0.2) is 0 Å². The van der Waals surface area contributed by atoms with Crippen molar-refractivity contribution in [2.75, 3.05) is 49.6 Å². The zero-order valence-corrected chi connectivity index (χ0v) is 23.7. The third-order valence-corrected chi connectivity index (χ3v) is 9.47. The van der Waals surface area contributed by atoms with Crippen LogP contribution in [0.1, 0.15) is 30.5 Å². The van der Waals surface area contributed by atoms with Crippen LogP contribution in [0.4, 0.5) is 15.9 Å². The van der Waals surface area contributed by atoms with E-state index in [1.54, 1.807) is 6.07 Å². The number of hydrogen-bond acceptors (Lipinski definition) is 8. The van der Waals surface area contributed by atoms with Crippen LogP contribution in [0, 0.1) is 0 Å². The summed E-state index contributed by atoms with van der Waals surface area (Å²) >= 11 is 3.73. The molecule has 0 saturated carbocycles. The fraction of sp³-hybridized carbons (Fsp3) is 0.517. The molecule has 3 aromatic rings. The van der Waals surface area contributed by atoms with Gasteiger partial charge in [0.2, 0.25) is 0 Å². The predicted molar refractivity (Wildman–Crippen MR) is 154 cm³/mol. The van der Waals surface area contributed by atoms with Crippen molar-refractivity contribution < 1.29 is 14.2 Å². The lowest BCUT2D eigenvalue weighted by atomic mass is 10.0. The second-order valence-corrected chi connectivity index (χ2v) is 12.4. The van der Waals surface area contributed by atoms with E-state index in [1.807, 2.05) is 36.2 Å². The lowest BCUT2D eigenvalue weighted by Gasteiger charge is -2.37. The van der Waals surface area contributed by atoms with Gasteiger partial charge in [-0.3, -0.25) is 4.90 Å². The second kappa shape index (κ2) is 10.1. The summed E-state index contributed by atoms with van der Waals surface area (Å²) in [5.74, 6) is 1.23. The van der Waals surface area contributed by atoms with Gasteiger partial charge < -0.3 is 25.0 Å². The lowest BCUT2D eigenvalue weighted by molar-refractivity contribution is 0.187. The molecule has 1 aromatic heterocycles. The number of alkyl halides is 1. The molecule has 0 amide bonds. The van der Waals surface area contributed by atoms with E-state index in [-0.39, 0.29) is 11.8 Å². The summed E-state index contributed by atoms with van der Waals surface area (Å²) in [5, 5.41) is 16.3. The van der Waals surface area contributed by atoms with Crippen molar-refractivity contribution in [3.05, 3.63) is 46.1 Å². The molecule has 5 heterocycles. The number of ether oxygens (including phenoxy) is 1. The zero-order valence-electron chi connectivity index (χ0n) is 22.1. The number of likely N-dealkylation sites (tertiary alicyclic amines) is 1. The maximum absolute atomic E-state index is 14.0. The largest absolute Gasteiger partial charge is 0.508 e. The summed E-state index contributed by atoms with van der Waals surface area (Å²) in [6.45, 7) is 4.07. The van der Waals surface area contributed by atoms with Crippen LogP contribution >= 0.6 is 15.9 Å². The molecule has 3 saturated heterocycles. The topological polar surface area (TPSA) is 77.0 Å². The van der Waals surface area contributed by atoms with E-state index in [4.69, 9.17) is 14.7 Å². The van der Waals surface area contributed by atoms with Crippen molar-refractivity contribution in [1.29, 1.82) is 0 Å². The number of anilines is 2. The van der Waals surface area contributed by atoms with Gasteiger partial charge in [0.1, 0.15) is 24.3 Å². The summed E-state index contributed by atoms with van der Waals surface area (Å²) in [4.78, 5) is 16.6. The molecule has 2 N–H and O–H groups in total. The van der Waals surface area contributed by atoms with Crippen LogP contribution in [0.3, 0.4) is 0 Å².